The van der Waals surface area contributed by atoms with E-state index < -0.39 is 39.5 Å². The summed E-state index contributed by atoms with van der Waals surface area (Å²) in [7, 11) is -1.86. The summed E-state index contributed by atoms with van der Waals surface area (Å²) < 4.78 is 31.2. The third kappa shape index (κ3) is 3.61. The maximum atomic E-state index is 14.7. The minimum Gasteiger partial charge on any atom is -0.442 e. The van der Waals surface area contributed by atoms with Crippen molar-refractivity contribution < 1.29 is 27.7 Å². The van der Waals surface area contributed by atoms with Gasteiger partial charge >= 0.3 is 6.09 Å². The minimum atomic E-state index is -1.86. The summed E-state index contributed by atoms with van der Waals surface area (Å²) in [6.07, 6.45) is -1.21. The smallest absolute Gasteiger partial charge is 0.414 e. The number of cyclic esters (lactones) is 1. The van der Waals surface area contributed by atoms with Crippen LogP contribution >= 0.6 is 0 Å². The highest BCUT2D eigenvalue weighted by atomic mass is 32.2. The van der Waals surface area contributed by atoms with E-state index in [0.29, 0.717) is 0 Å². The van der Waals surface area contributed by atoms with E-state index in [1.54, 1.807) is 0 Å². The number of ether oxygens (including phenoxy) is 1. The molecule has 0 bridgehead atoms. The Balaban J connectivity index is 1.82. The minimum absolute atomic E-state index is 0.0301. The third-order valence-electron chi connectivity index (χ3n) is 4.39. The lowest BCUT2D eigenvalue weighted by molar-refractivity contribution is -0.123. The maximum Gasteiger partial charge on any atom is 0.414 e. The number of anilines is 1. The zero-order valence-corrected chi connectivity index (χ0v) is 16.3. The number of amides is 3. The molecule has 0 aromatic heterocycles. The van der Waals surface area contributed by atoms with Crippen LogP contribution in [0.15, 0.2) is 23.3 Å². The molecule has 9 nitrogen and oxygen atoms in total. The molecule has 1 saturated heterocycles. The number of hydrogen-bond donors (Lipinski definition) is 2. The summed E-state index contributed by atoms with van der Waals surface area (Å²) in [5, 5.41) is 6.22. The molecule has 1 aromatic carbocycles. The maximum absolute atomic E-state index is 14.7. The molecule has 28 heavy (non-hydrogen) atoms. The molecule has 2 N–H and O–H groups in total. The highest BCUT2D eigenvalue weighted by molar-refractivity contribution is 8.03. The van der Waals surface area contributed by atoms with Crippen LogP contribution in [0.3, 0.4) is 0 Å². The van der Waals surface area contributed by atoms with Crippen molar-refractivity contribution in [2.75, 3.05) is 18.0 Å². The molecular weight excluding hydrogens is 391 g/mol. The molecule has 0 saturated carbocycles. The van der Waals surface area contributed by atoms with Gasteiger partial charge in [-0.2, -0.15) is 5.10 Å². The lowest BCUT2D eigenvalue weighted by atomic mass is 10.2. The van der Waals surface area contributed by atoms with Crippen molar-refractivity contribution in [1.29, 1.82) is 0 Å². The lowest BCUT2D eigenvalue weighted by Gasteiger charge is -2.26. The normalized spacial score (nSPS) is 23.7. The first-order valence-electron chi connectivity index (χ1n) is 8.43. The molecule has 3 amide bonds. The number of hydrogen-bond acceptors (Lipinski definition) is 6. The molecule has 11 heteroatoms. The second-order valence-electron chi connectivity index (χ2n) is 6.85. The molecule has 2 heterocycles. The van der Waals surface area contributed by atoms with Gasteiger partial charge in [-0.15, -0.1) is 0 Å². The first-order valence-corrected chi connectivity index (χ1v) is 9.58. The highest BCUT2D eigenvalue weighted by Crippen LogP contribution is 2.27. The second-order valence-corrected chi connectivity index (χ2v) is 8.80. The molecule has 1 fully saturated rings. The summed E-state index contributed by atoms with van der Waals surface area (Å²) >= 11 is 0. The molecule has 2 aliphatic heterocycles. The molecule has 150 valence electrons. The van der Waals surface area contributed by atoms with E-state index in [9.17, 15) is 23.0 Å². The number of nitrogens with zero attached hydrogens (tertiary/aromatic N) is 2. The van der Waals surface area contributed by atoms with Crippen molar-refractivity contribution in [1.82, 2.24) is 10.7 Å². The Labute approximate surface area is 162 Å². The van der Waals surface area contributed by atoms with Gasteiger partial charge in [0.05, 0.1) is 29.6 Å². The van der Waals surface area contributed by atoms with E-state index in [0.717, 1.165) is 6.07 Å². The Morgan fingerprint density at radius 3 is 2.82 bits per heavy atom. The molecule has 0 spiro atoms. The van der Waals surface area contributed by atoms with Crippen LogP contribution in [-0.4, -0.2) is 51.1 Å². The summed E-state index contributed by atoms with van der Waals surface area (Å²) in [5.41, 5.74) is 2.48. The van der Waals surface area contributed by atoms with E-state index in [1.807, 2.05) is 0 Å². The van der Waals surface area contributed by atoms with Crippen molar-refractivity contribution in [3.05, 3.63) is 29.6 Å². The second kappa shape index (κ2) is 7.30. The Morgan fingerprint density at radius 2 is 2.18 bits per heavy atom. The number of benzene rings is 1. The Morgan fingerprint density at radius 1 is 1.46 bits per heavy atom. The fraction of sp³-hybridized carbons (Fsp3) is 0.412. The van der Waals surface area contributed by atoms with Gasteiger partial charge in [-0.25, -0.2) is 14.6 Å². The average Bonchev–Trinajstić information content (AvgIpc) is 3.00. The van der Waals surface area contributed by atoms with Crippen molar-refractivity contribution in [3.8, 4) is 0 Å². The summed E-state index contributed by atoms with van der Waals surface area (Å²) in [6, 6.07) is 3.94. The van der Waals surface area contributed by atoms with Gasteiger partial charge in [-0.1, -0.05) is 0 Å². The summed E-state index contributed by atoms with van der Waals surface area (Å²) in [4.78, 5) is 36.1. The first-order chi connectivity index (χ1) is 13.1. The van der Waals surface area contributed by atoms with Crippen molar-refractivity contribution in [3.63, 3.8) is 0 Å². The van der Waals surface area contributed by atoms with Crippen molar-refractivity contribution in [2.45, 2.75) is 31.6 Å². The van der Waals surface area contributed by atoms with E-state index >= 15 is 0 Å². The van der Waals surface area contributed by atoms with Gasteiger partial charge in [0.2, 0.25) is 5.91 Å². The fourth-order valence-electron chi connectivity index (χ4n) is 2.71. The van der Waals surface area contributed by atoms with Crippen LogP contribution in [-0.2, 0) is 25.1 Å². The fourth-order valence-corrected chi connectivity index (χ4v) is 3.90. The number of carbonyl (C=O) groups excluding carboxylic acids is 3. The molecular formula is C17H19FN4O5S. The molecule has 0 aliphatic carbocycles. The summed E-state index contributed by atoms with van der Waals surface area (Å²) in [6.45, 7) is 4.62. The van der Waals surface area contributed by atoms with Gasteiger partial charge in [0.25, 0.3) is 5.91 Å². The van der Waals surface area contributed by atoms with Gasteiger partial charge in [0, 0.05) is 12.5 Å². The van der Waals surface area contributed by atoms with Crippen LogP contribution in [0.25, 0.3) is 0 Å². The van der Waals surface area contributed by atoms with Crippen LogP contribution in [0, 0.1) is 5.82 Å². The predicted octanol–water partition coefficient (Wildman–Crippen LogP) is 0.606. The Hall–Kier alpha value is -2.82. The van der Waals surface area contributed by atoms with Crippen molar-refractivity contribution in [2.24, 2.45) is 5.10 Å². The number of nitrogens with one attached hydrogen (secondary N) is 2. The van der Waals surface area contributed by atoms with Gasteiger partial charge in [0.15, 0.2) is 5.04 Å². The molecule has 1 unspecified atom stereocenters. The summed E-state index contributed by atoms with van der Waals surface area (Å²) in [5.74, 6) is -1.51. The van der Waals surface area contributed by atoms with E-state index in [1.165, 1.54) is 37.8 Å². The molecule has 2 atom stereocenters. The lowest BCUT2D eigenvalue weighted by Crippen LogP contribution is -2.50. The Bertz CT molecular complexity index is 917. The highest BCUT2D eigenvalue weighted by Gasteiger charge is 2.42. The van der Waals surface area contributed by atoms with Crippen LogP contribution in [0.5, 0.6) is 0 Å². The van der Waals surface area contributed by atoms with Gasteiger partial charge in [0.1, 0.15) is 16.7 Å². The Kier molecular flexibility index (Phi) is 5.20. The van der Waals surface area contributed by atoms with Crippen LogP contribution in [0.1, 0.15) is 26.3 Å². The zero-order chi connectivity index (χ0) is 20.6. The molecule has 1 aromatic rings. The van der Waals surface area contributed by atoms with Crippen LogP contribution in [0.4, 0.5) is 14.9 Å². The quantitative estimate of drug-likeness (QED) is 0.754. The van der Waals surface area contributed by atoms with Gasteiger partial charge in [-0.05, 0) is 32.0 Å². The SMILES string of the molecule is CC(=O)NC[C@H]1CN(c2ccc(C3=NNC(=O)C(C)(C)S3=O)c(F)c2)C(=O)O1. The van der Waals surface area contributed by atoms with E-state index in [2.05, 4.69) is 15.8 Å². The topological polar surface area (TPSA) is 117 Å². The molecule has 0 radical (unpaired) electrons. The van der Waals surface area contributed by atoms with Crippen molar-refractivity contribution >= 4 is 39.4 Å². The van der Waals surface area contributed by atoms with E-state index in [4.69, 9.17) is 4.74 Å². The molecule has 2 aliphatic rings. The predicted molar refractivity (Wildman–Crippen MR) is 99.6 cm³/mol. The average molecular weight is 410 g/mol. The molecule has 3 rings (SSSR count). The standard InChI is InChI=1S/C17H19FN4O5S/c1-9(23)19-7-11-8-22(16(25)27-11)10-4-5-12(13(18)6-10)14-20-21-15(24)17(2,3)28(14)26/h4-6,11H,7-8H2,1-3H3,(H,19,23)(H,21,24)/t11-,28?/m0/s1. The number of carbonyl (C=O) groups is 3. The van der Waals surface area contributed by atoms with E-state index in [-0.39, 0.29) is 35.3 Å². The largest absolute Gasteiger partial charge is 0.442 e. The monoisotopic (exact) mass is 410 g/mol. The van der Waals surface area contributed by atoms with Crippen LogP contribution < -0.4 is 15.6 Å². The number of halogens is 1. The van der Waals surface area contributed by atoms with Gasteiger partial charge in [-0.3, -0.25) is 18.7 Å². The third-order valence-corrected chi connectivity index (χ3v) is 6.17. The zero-order valence-electron chi connectivity index (χ0n) is 15.4. The first kappa shape index (κ1) is 19.9. The number of rotatable bonds is 4. The number of hydrazone groups is 1. The van der Waals surface area contributed by atoms with Gasteiger partial charge < -0.3 is 10.1 Å². The van der Waals surface area contributed by atoms with Crippen LogP contribution in [0.2, 0.25) is 0 Å².